The van der Waals surface area contributed by atoms with Gasteiger partial charge in [0.15, 0.2) is 0 Å². The van der Waals surface area contributed by atoms with Gasteiger partial charge in [-0.05, 0) is 66.2 Å². The molecule has 3 rings (SSSR count). The molecule has 0 spiro atoms. The lowest BCUT2D eigenvalue weighted by molar-refractivity contribution is 0.413. The van der Waals surface area contributed by atoms with Gasteiger partial charge in [0, 0.05) is 23.8 Å². The maximum absolute atomic E-state index is 13.8. The minimum absolute atomic E-state index is 0.176. The Morgan fingerprint density at radius 2 is 1.89 bits per heavy atom. The van der Waals surface area contributed by atoms with E-state index in [9.17, 15) is 4.39 Å². The molecule has 0 radical (unpaired) electrons. The number of fused-ring (bicyclic) bond motifs is 2. The zero-order chi connectivity index (χ0) is 12.9. The van der Waals surface area contributed by atoms with Gasteiger partial charge in [0.05, 0.1) is 4.47 Å². The van der Waals surface area contributed by atoms with E-state index in [0.29, 0.717) is 22.6 Å². The molecule has 18 heavy (non-hydrogen) atoms. The van der Waals surface area contributed by atoms with E-state index in [0.717, 1.165) is 24.1 Å². The first-order valence-electron chi connectivity index (χ1n) is 6.56. The second kappa shape index (κ2) is 4.49. The SMILES string of the molecule is Cc1cc(Br)c(F)cc1N1C2CCC1CC(N)C2. The lowest BCUT2D eigenvalue weighted by Gasteiger charge is -2.40. The molecular weight excluding hydrogens is 295 g/mol. The fourth-order valence-corrected chi connectivity index (χ4v) is 3.98. The number of hydrogen-bond donors (Lipinski definition) is 1. The molecule has 2 saturated heterocycles. The van der Waals surface area contributed by atoms with Crippen LogP contribution in [0.3, 0.4) is 0 Å². The summed E-state index contributed by atoms with van der Waals surface area (Å²) in [5.74, 6) is -0.176. The number of rotatable bonds is 1. The molecule has 0 aromatic heterocycles. The predicted molar refractivity (Wildman–Crippen MR) is 75.3 cm³/mol. The molecule has 0 amide bonds. The number of benzene rings is 1. The van der Waals surface area contributed by atoms with Crippen LogP contribution in [0.5, 0.6) is 0 Å². The van der Waals surface area contributed by atoms with Crippen LogP contribution in [0.1, 0.15) is 31.2 Å². The van der Waals surface area contributed by atoms with Gasteiger partial charge in [0.1, 0.15) is 5.82 Å². The van der Waals surface area contributed by atoms with Gasteiger partial charge >= 0.3 is 0 Å². The molecule has 2 N–H and O–H groups in total. The van der Waals surface area contributed by atoms with Gasteiger partial charge in [-0.15, -0.1) is 0 Å². The Bertz CT molecular complexity index is 463. The van der Waals surface area contributed by atoms with Crippen molar-refractivity contribution < 1.29 is 4.39 Å². The smallest absolute Gasteiger partial charge is 0.139 e. The zero-order valence-electron chi connectivity index (χ0n) is 10.5. The number of nitrogens with zero attached hydrogens (tertiary/aromatic N) is 1. The third-order valence-electron chi connectivity index (χ3n) is 4.29. The first-order chi connectivity index (χ1) is 8.56. The minimum atomic E-state index is -0.176. The molecule has 98 valence electrons. The Labute approximate surface area is 115 Å². The summed E-state index contributed by atoms with van der Waals surface area (Å²) in [4.78, 5) is 2.41. The van der Waals surface area contributed by atoms with Crippen LogP contribution in [0.4, 0.5) is 10.1 Å². The quantitative estimate of drug-likeness (QED) is 0.861. The second-order valence-corrected chi connectivity index (χ2v) is 6.43. The van der Waals surface area contributed by atoms with E-state index >= 15 is 0 Å². The van der Waals surface area contributed by atoms with E-state index in [1.807, 2.05) is 13.0 Å². The minimum Gasteiger partial charge on any atom is -0.365 e. The molecule has 2 unspecified atom stereocenters. The Balaban J connectivity index is 1.98. The highest BCUT2D eigenvalue weighted by Gasteiger charge is 2.40. The van der Waals surface area contributed by atoms with Crippen molar-refractivity contribution in [3.8, 4) is 0 Å². The Kier molecular flexibility index (Phi) is 3.10. The summed E-state index contributed by atoms with van der Waals surface area (Å²) in [5, 5.41) is 0. The largest absolute Gasteiger partial charge is 0.365 e. The maximum atomic E-state index is 13.8. The van der Waals surface area contributed by atoms with Crippen molar-refractivity contribution in [1.82, 2.24) is 0 Å². The highest BCUT2D eigenvalue weighted by atomic mass is 79.9. The van der Waals surface area contributed by atoms with Crippen LogP contribution in [0.15, 0.2) is 16.6 Å². The normalized spacial score (nSPS) is 30.9. The molecule has 1 aromatic carbocycles. The van der Waals surface area contributed by atoms with Crippen molar-refractivity contribution in [2.24, 2.45) is 5.73 Å². The van der Waals surface area contributed by atoms with Crippen LogP contribution in [-0.4, -0.2) is 18.1 Å². The van der Waals surface area contributed by atoms with Crippen LogP contribution in [-0.2, 0) is 0 Å². The third-order valence-corrected chi connectivity index (χ3v) is 4.89. The summed E-state index contributed by atoms with van der Waals surface area (Å²) >= 11 is 3.25. The molecule has 1 aromatic rings. The van der Waals surface area contributed by atoms with Gasteiger partial charge in [0.25, 0.3) is 0 Å². The van der Waals surface area contributed by atoms with Gasteiger partial charge in [0.2, 0.25) is 0 Å². The Morgan fingerprint density at radius 3 is 2.50 bits per heavy atom. The number of piperidine rings is 1. The molecule has 2 nitrogen and oxygen atoms in total. The van der Waals surface area contributed by atoms with Gasteiger partial charge in [-0.3, -0.25) is 0 Å². The van der Waals surface area contributed by atoms with E-state index in [4.69, 9.17) is 5.73 Å². The van der Waals surface area contributed by atoms with Gasteiger partial charge in [-0.1, -0.05) is 0 Å². The van der Waals surface area contributed by atoms with E-state index in [1.54, 1.807) is 6.07 Å². The first-order valence-corrected chi connectivity index (χ1v) is 7.35. The van der Waals surface area contributed by atoms with Crippen LogP contribution in [0.2, 0.25) is 0 Å². The van der Waals surface area contributed by atoms with Gasteiger partial charge in [-0.25, -0.2) is 4.39 Å². The molecular formula is C14H18BrFN2. The summed E-state index contributed by atoms with van der Waals surface area (Å²) in [6.07, 6.45) is 4.45. The summed E-state index contributed by atoms with van der Waals surface area (Å²) in [5.41, 5.74) is 8.27. The fourth-order valence-electron chi connectivity index (χ4n) is 3.53. The molecule has 2 heterocycles. The molecule has 2 aliphatic heterocycles. The van der Waals surface area contributed by atoms with Crippen LogP contribution in [0, 0.1) is 12.7 Å². The third kappa shape index (κ3) is 1.95. The highest BCUT2D eigenvalue weighted by molar-refractivity contribution is 9.10. The number of halogens is 2. The standard InChI is InChI=1S/C14H18BrFN2/c1-8-4-12(15)13(16)7-14(8)18-10-2-3-11(18)6-9(17)5-10/h4,7,9-11H,2-3,5-6,17H2,1H3. The maximum Gasteiger partial charge on any atom is 0.139 e. The molecule has 2 bridgehead atoms. The fraction of sp³-hybridized carbons (Fsp3) is 0.571. The van der Waals surface area contributed by atoms with E-state index in [2.05, 4.69) is 20.8 Å². The monoisotopic (exact) mass is 312 g/mol. The summed E-state index contributed by atoms with van der Waals surface area (Å²) < 4.78 is 14.3. The van der Waals surface area contributed by atoms with Crippen molar-refractivity contribution in [2.45, 2.75) is 50.7 Å². The number of aryl methyl sites for hydroxylation is 1. The van der Waals surface area contributed by atoms with Crippen LogP contribution >= 0.6 is 15.9 Å². The second-order valence-electron chi connectivity index (χ2n) is 5.58. The lowest BCUT2D eigenvalue weighted by atomic mass is 9.96. The number of hydrogen-bond acceptors (Lipinski definition) is 2. The van der Waals surface area contributed by atoms with Crippen molar-refractivity contribution >= 4 is 21.6 Å². The van der Waals surface area contributed by atoms with E-state index in [1.165, 1.54) is 12.8 Å². The molecule has 2 fully saturated rings. The topological polar surface area (TPSA) is 29.3 Å². The molecule has 4 heteroatoms. The Morgan fingerprint density at radius 1 is 1.28 bits per heavy atom. The summed E-state index contributed by atoms with van der Waals surface area (Å²) in [7, 11) is 0. The summed E-state index contributed by atoms with van der Waals surface area (Å²) in [6.45, 7) is 2.05. The van der Waals surface area contributed by atoms with Crippen molar-refractivity contribution in [3.63, 3.8) is 0 Å². The molecule has 2 atom stereocenters. The number of anilines is 1. The van der Waals surface area contributed by atoms with Crippen molar-refractivity contribution in [1.29, 1.82) is 0 Å². The lowest BCUT2D eigenvalue weighted by Crippen LogP contribution is -2.47. The molecule has 0 saturated carbocycles. The van der Waals surface area contributed by atoms with E-state index < -0.39 is 0 Å². The zero-order valence-corrected chi connectivity index (χ0v) is 12.1. The first kappa shape index (κ1) is 12.4. The van der Waals surface area contributed by atoms with Crippen molar-refractivity contribution in [2.75, 3.05) is 4.90 Å². The molecule has 2 aliphatic rings. The average Bonchev–Trinajstić information content (AvgIpc) is 2.56. The Hall–Kier alpha value is -0.610. The highest BCUT2D eigenvalue weighted by Crippen LogP contribution is 2.41. The number of nitrogens with two attached hydrogens (primary N) is 1. The van der Waals surface area contributed by atoms with Crippen LogP contribution in [0.25, 0.3) is 0 Å². The van der Waals surface area contributed by atoms with E-state index in [-0.39, 0.29) is 5.82 Å². The summed E-state index contributed by atoms with van der Waals surface area (Å²) in [6, 6.07) is 4.86. The van der Waals surface area contributed by atoms with Gasteiger partial charge in [-0.2, -0.15) is 0 Å². The average molecular weight is 313 g/mol. The molecule has 0 aliphatic carbocycles. The van der Waals surface area contributed by atoms with Crippen molar-refractivity contribution in [3.05, 3.63) is 28.0 Å². The predicted octanol–water partition coefficient (Wildman–Crippen LogP) is 3.36. The van der Waals surface area contributed by atoms with Gasteiger partial charge < -0.3 is 10.6 Å². The van der Waals surface area contributed by atoms with Crippen LogP contribution < -0.4 is 10.6 Å².